The van der Waals surface area contributed by atoms with Crippen LogP contribution in [0.4, 0.5) is 0 Å². The number of nitrogens with zero attached hydrogens (tertiary/aromatic N) is 1. The number of aliphatic hydroxyl groups excluding tert-OH is 1. The predicted molar refractivity (Wildman–Crippen MR) is 54.9 cm³/mol. The summed E-state index contributed by atoms with van der Waals surface area (Å²) in [4.78, 5) is 24.4. The molecule has 0 aromatic carbocycles. The molecule has 0 fully saturated rings. The second-order valence-electron chi connectivity index (χ2n) is 3.75. The van der Waals surface area contributed by atoms with Crippen LogP contribution >= 0.6 is 0 Å². The molecule has 0 aliphatic heterocycles. The maximum atomic E-state index is 11.3. The highest BCUT2D eigenvalue weighted by atomic mass is 16.5. The summed E-state index contributed by atoms with van der Waals surface area (Å²) in [6.45, 7) is 2.14. The minimum absolute atomic E-state index is 0.265. The first kappa shape index (κ1) is 12.6. The highest BCUT2D eigenvalue weighted by molar-refractivity contribution is 5.01. The zero-order valence-electron chi connectivity index (χ0n) is 8.97. The van der Waals surface area contributed by atoms with E-state index in [2.05, 4.69) is 0 Å². The number of rotatable bonds is 3. The van der Waals surface area contributed by atoms with Crippen molar-refractivity contribution in [2.24, 2.45) is 0 Å². The number of hydrogen-bond donors (Lipinski definition) is 4. The Hall–Kier alpha value is -1.44. The van der Waals surface area contributed by atoms with Crippen molar-refractivity contribution < 1.29 is 15.3 Å². The van der Waals surface area contributed by atoms with Crippen LogP contribution in [0.1, 0.15) is 12.5 Å². The lowest BCUT2D eigenvalue weighted by molar-refractivity contribution is -0.228. The monoisotopic (exact) mass is 230 g/mol. The average Bonchev–Trinajstić information content (AvgIpc) is 2.13. The zero-order valence-corrected chi connectivity index (χ0v) is 8.97. The zero-order chi connectivity index (χ0) is 12.5. The van der Waals surface area contributed by atoms with E-state index in [9.17, 15) is 19.8 Å². The summed E-state index contributed by atoms with van der Waals surface area (Å²) in [5.74, 6) is -2.42. The maximum Gasteiger partial charge on any atom is 0.328 e. The lowest BCUT2D eigenvalue weighted by atomic mass is 10.1. The van der Waals surface area contributed by atoms with Gasteiger partial charge in [-0.05, 0) is 13.8 Å². The van der Waals surface area contributed by atoms with Gasteiger partial charge in [0.2, 0.25) is 5.79 Å². The normalized spacial score (nSPS) is 13.8. The van der Waals surface area contributed by atoms with Gasteiger partial charge in [-0.2, -0.15) is 0 Å². The van der Waals surface area contributed by atoms with E-state index in [4.69, 9.17) is 5.11 Å². The van der Waals surface area contributed by atoms with Crippen molar-refractivity contribution in [1.82, 2.24) is 9.55 Å². The van der Waals surface area contributed by atoms with E-state index in [1.807, 2.05) is 4.98 Å². The van der Waals surface area contributed by atoms with Gasteiger partial charge in [-0.15, -0.1) is 0 Å². The first-order chi connectivity index (χ1) is 7.24. The van der Waals surface area contributed by atoms with Gasteiger partial charge in [-0.1, -0.05) is 0 Å². The Kier molecular flexibility index (Phi) is 3.32. The van der Waals surface area contributed by atoms with E-state index in [-0.39, 0.29) is 5.56 Å². The molecule has 0 spiro atoms. The summed E-state index contributed by atoms with van der Waals surface area (Å²) in [5, 5.41) is 27.8. The van der Waals surface area contributed by atoms with Crippen molar-refractivity contribution in [2.75, 3.05) is 0 Å². The minimum Gasteiger partial charge on any atom is -0.388 e. The first-order valence-electron chi connectivity index (χ1n) is 4.67. The Morgan fingerprint density at radius 3 is 2.56 bits per heavy atom. The SMILES string of the molecule is Cc1cn(CC(O)(O)C(C)O)c(=O)[nH]c1=O. The van der Waals surface area contributed by atoms with E-state index in [1.165, 1.54) is 20.0 Å². The number of aromatic amines is 1. The third-order valence-electron chi connectivity index (χ3n) is 2.26. The standard InChI is InChI=1S/C9H14N2O5/c1-5-3-11(8(14)10-7(5)13)4-9(15,16)6(2)12/h3,6,12,15-16H,4H2,1-2H3,(H,10,13,14). The molecule has 1 unspecified atom stereocenters. The molecule has 0 amide bonds. The van der Waals surface area contributed by atoms with Crippen LogP contribution in [0.3, 0.4) is 0 Å². The van der Waals surface area contributed by atoms with Gasteiger partial charge in [0.1, 0.15) is 6.10 Å². The molecule has 0 bridgehead atoms. The maximum absolute atomic E-state index is 11.3. The van der Waals surface area contributed by atoms with Crippen LogP contribution in [0.5, 0.6) is 0 Å². The van der Waals surface area contributed by atoms with Crippen LogP contribution < -0.4 is 11.2 Å². The summed E-state index contributed by atoms with van der Waals surface area (Å²) in [7, 11) is 0. The Morgan fingerprint density at radius 1 is 1.50 bits per heavy atom. The van der Waals surface area contributed by atoms with Crippen molar-refractivity contribution >= 4 is 0 Å². The lowest BCUT2D eigenvalue weighted by Gasteiger charge is -2.25. The van der Waals surface area contributed by atoms with Crippen molar-refractivity contribution in [3.8, 4) is 0 Å². The molecule has 0 aliphatic carbocycles. The van der Waals surface area contributed by atoms with E-state index < -0.39 is 29.7 Å². The summed E-state index contributed by atoms with van der Waals surface area (Å²) in [5.41, 5.74) is -1.02. The van der Waals surface area contributed by atoms with Crippen LogP contribution in [0.2, 0.25) is 0 Å². The molecule has 0 saturated carbocycles. The number of hydrogen-bond acceptors (Lipinski definition) is 5. The van der Waals surface area contributed by atoms with Crippen molar-refractivity contribution in [3.05, 3.63) is 32.6 Å². The molecule has 16 heavy (non-hydrogen) atoms. The van der Waals surface area contributed by atoms with Crippen molar-refractivity contribution in [1.29, 1.82) is 0 Å². The fourth-order valence-corrected chi connectivity index (χ4v) is 1.12. The minimum atomic E-state index is -2.42. The molecular weight excluding hydrogens is 216 g/mol. The van der Waals surface area contributed by atoms with Gasteiger partial charge in [0.25, 0.3) is 5.56 Å². The Bertz CT molecular complexity index is 485. The molecule has 0 saturated heterocycles. The van der Waals surface area contributed by atoms with E-state index >= 15 is 0 Å². The Labute approximate surface area is 90.6 Å². The highest BCUT2D eigenvalue weighted by Crippen LogP contribution is 2.08. The fourth-order valence-electron chi connectivity index (χ4n) is 1.12. The average molecular weight is 230 g/mol. The van der Waals surface area contributed by atoms with Gasteiger partial charge >= 0.3 is 5.69 Å². The molecular formula is C9H14N2O5. The largest absolute Gasteiger partial charge is 0.388 e. The second kappa shape index (κ2) is 4.20. The van der Waals surface area contributed by atoms with Crippen molar-refractivity contribution in [2.45, 2.75) is 32.3 Å². The third kappa shape index (κ3) is 2.57. The molecule has 0 aliphatic rings. The van der Waals surface area contributed by atoms with Crippen LogP contribution in [-0.4, -0.2) is 36.8 Å². The van der Waals surface area contributed by atoms with E-state index in [1.54, 1.807) is 0 Å². The highest BCUT2D eigenvalue weighted by Gasteiger charge is 2.30. The van der Waals surface area contributed by atoms with Crippen LogP contribution in [-0.2, 0) is 6.54 Å². The third-order valence-corrected chi connectivity index (χ3v) is 2.26. The van der Waals surface area contributed by atoms with Gasteiger partial charge in [0, 0.05) is 11.8 Å². The molecule has 1 heterocycles. The van der Waals surface area contributed by atoms with Gasteiger partial charge in [0.05, 0.1) is 6.54 Å². The smallest absolute Gasteiger partial charge is 0.328 e. The molecule has 7 heteroatoms. The molecule has 90 valence electrons. The van der Waals surface area contributed by atoms with Crippen molar-refractivity contribution in [3.63, 3.8) is 0 Å². The Morgan fingerprint density at radius 2 is 2.06 bits per heavy atom. The van der Waals surface area contributed by atoms with Gasteiger partial charge in [0.15, 0.2) is 0 Å². The van der Waals surface area contributed by atoms with Crippen LogP contribution in [0, 0.1) is 6.92 Å². The number of aliphatic hydroxyl groups is 3. The Balaban J connectivity index is 3.12. The lowest BCUT2D eigenvalue weighted by Crippen LogP contribution is -2.47. The van der Waals surface area contributed by atoms with Crippen LogP contribution in [0.15, 0.2) is 15.8 Å². The first-order valence-corrected chi connectivity index (χ1v) is 4.67. The van der Waals surface area contributed by atoms with Crippen LogP contribution in [0.25, 0.3) is 0 Å². The molecule has 1 aromatic heterocycles. The molecule has 0 radical (unpaired) electrons. The molecule has 1 atom stereocenters. The predicted octanol–water partition coefficient (Wildman–Crippen LogP) is -2.09. The van der Waals surface area contributed by atoms with Gasteiger partial charge in [-0.25, -0.2) is 4.79 Å². The summed E-state index contributed by atoms with van der Waals surface area (Å²) < 4.78 is 0.920. The van der Waals surface area contributed by atoms with Gasteiger partial charge < -0.3 is 15.3 Å². The quantitative estimate of drug-likeness (QED) is 0.444. The number of aryl methyl sites for hydroxylation is 1. The number of H-pyrrole nitrogens is 1. The number of aromatic nitrogens is 2. The molecule has 1 aromatic rings. The van der Waals surface area contributed by atoms with E-state index in [0.29, 0.717) is 0 Å². The summed E-state index contributed by atoms with van der Waals surface area (Å²) in [6.07, 6.45) is -0.225. The second-order valence-corrected chi connectivity index (χ2v) is 3.75. The molecule has 4 N–H and O–H groups in total. The fraction of sp³-hybridized carbons (Fsp3) is 0.556. The summed E-state index contributed by atoms with van der Waals surface area (Å²) >= 11 is 0. The molecule has 7 nitrogen and oxygen atoms in total. The summed E-state index contributed by atoms with van der Waals surface area (Å²) in [6, 6.07) is 0. The molecule has 1 rings (SSSR count). The van der Waals surface area contributed by atoms with Gasteiger partial charge in [-0.3, -0.25) is 14.3 Å². The van der Waals surface area contributed by atoms with E-state index in [0.717, 1.165) is 4.57 Å². The number of nitrogens with one attached hydrogen (secondary N) is 1. The topological polar surface area (TPSA) is 116 Å².